The van der Waals surface area contributed by atoms with Gasteiger partial charge in [0.15, 0.2) is 0 Å². The molecule has 22 heavy (non-hydrogen) atoms. The minimum absolute atomic E-state index is 0.907. The van der Waals surface area contributed by atoms with Crippen LogP contribution >= 0.6 is 0 Å². The fourth-order valence-corrected chi connectivity index (χ4v) is 24.6. The molecule has 1 heterocycles. The molecule has 0 aromatic carbocycles. The normalized spacial score (nSPS) is 44.3. The van der Waals surface area contributed by atoms with Crippen LogP contribution in [0.15, 0.2) is 45.3 Å². The van der Waals surface area contributed by atoms with Crippen molar-refractivity contribution in [2.75, 3.05) is 0 Å². The van der Waals surface area contributed by atoms with Gasteiger partial charge in [0, 0.05) is 0 Å². The van der Waals surface area contributed by atoms with Crippen LogP contribution in [0.3, 0.4) is 0 Å². The van der Waals surface area contributed by atoms with E-state index in [4.69, 9.17) is 0 Å². The summed E-state index contributed by atoms with van der Waals surface area (Å²) in [6, 6.07) is 0. The molecule has 4 aliphatic carbocycles. The van der Waals surface area contributed by atoms with Gasteiger partial charge < -0.3 is 0 Å². The molecule has 5 atom stereocenters. The predicted octanol–water partition coefficient (Wildman–Crippen LogP) is 6.19. The van der Waals surface area contributed by atoms with Crippen LogP contribution in [-0.4, -0.2) is 0 Å². The number of hydrogen-bond acceptors (Lipinski definition) is 0. The molecule has 1 heteroatoms. The molecule has 0 aromatic rings. The van der Waals surface area contributed by atoms with Gasteiger partial charge in [-0.05, 0) is 0 Å². The first-order valence-electron chi connectivity index (χ1n) is 9.53. The van der Waals surface area contributed by atoms with Gasteiger partial charge in [0.05, 0.1) is 0 Å². The summed E-state index contributed by atoms with van der Waals surface area (Å²) in [6.45, 7) is 2.41. The Balaban J connectivity index is 1.57. The number of hydrogen-bond donors (Lipinski definition) is 0. The van der Waals surface area contributed by atoms with Gasteiger partial charge in [0.1, 0.15) is 0 Å². The monoisotopic (exact) mass is 370 g/mol. The molecule has 0 aromatic heterocycles. The fourth-order valence-electron chi connectivity index (χ4n) is 6.79. The van der Waals surface area contributed by atoms with Crippen molar-refractivity contribution >= 4 is 0 Å². The third-order valence-electron chi connectivity index (χ3n) is 7.66. The van der Waals surface area contributed by atoms with Gasteiger partial charge in [-0.1, -0.05) is 0 Å². The molecule has 2 saturated carbocycles. The molecule has 0 nitrogen and oxygen atoms in total. The summed E-state index contributed by atoms with van der Waals surface area (Å²) < 4.78 is 6.54. The molecule has 0 N–H and O–H groups in total. The van der Waals surface area contributed by atoms with Crippen LogP contribution in [0.4, 0.5) is 0 Å². The average Bonchev–Trinajstić information content (AvgIpc) is 3.09. The van der Waals surface area contributed by atoms with Gasteiger partial charge in [-0.15, -0.1) is 0 Å². The summed E-state index contributed by atoms with van der Waals surface area (Å²) in [5.74, 6) is 3.96. The first kappa shape index (κ1) is 14.2. The van der Waals surface area contributed by atoms with E-state index in [9.17, 15) is 0 Å². The van der Waals surface area contributed by atoms with E-state index in [1.165, 1.54) is 25.7 Å². The Labute approximate surface area is 139 Å². The Hall–Kier alpha value is -0.157. The van der Waals surface area contributed by atoms with E-state index >= 15 is 0 Å². The zero-order valence-electron chi connectivity index (χ0n) is 13.8. The molecule has 1 aliphatic heterocycles. The van der Waals surface area contributed by atoms with Crippen molar-refractivity contribution < 1.29 is 20.3 Å². The van der Waals surface area contributed by atoms with E-state index in [1.807, 2.05) is 3.28 Å². The predicted molar refractivity (Wildman–Crippen MR) is 90.5 cm³/mol. The molecule has 3 fully saturated rings. The van der Waals surface area contributed by atoms with Crippen molar-refractivity contribution in [3.8, 4) is 0 Å². The standard InChI is InChI=1S/C13H17.C6H7.C2H4.Zr/c1-3-7-12-10(5-1)9-11-6-2-4-8-13(11)12;1-6-4-2-3-5-6;1-2;/h1,3,5,7,9-13H,2,4,6,8H2;2,4H,3H2,1H3;1-2H2;. The third kappa shape index (κ3) is 1.90. The minimum atomic E-state index is -2.02. The zero-order valence-corrected chi connectivity index (χ0v) is 16.3. The summed E-state index contributed by atoms with van der Waals surface area (Å²) in [7, 11) is 0. The van der Waals surface area contributed by atoms with Crippen LogP contribution in [0.25, 0.3) is 0 Å². The van der Waals surface area contributed by atoms with E-state index in [2.05, 4.69) is 43.4 Å². The van der Waals surface area contributed by atoms with Crippen LogP contribution in [0.5, 0.6) is 0 Å². The fraction of sp³-hybridized carbons (Fsp3) is 0.619. The molecule has 0 radical (unpaired) electrons. The van der Waals surface area contributed by atoms with Crippen LogP contribution in [0, 0.1) is 23.7 Å². The molecule has 0 bridgehead atoms. The van der Waals surface area contributed by atoms with Crippen LogP contribution in [-0.2, 0) is 20.3 Å². The molecule has 5 aliphatic rings. The van der Waals surface area contributed by atoms with Gasteiger partial charge in [0.2, 0.25) is 0 Å². The van der Waals surface area contributed by atoms with Crippen molar-refractivity contribution in [3.05, 3.63) is 45.3 Å². The maximum absolute atomic E-state index is 2.64. The topological polar surface area (TPSA) is 0 Å². The summed E-state index contributed by atoms with van der Waals surface area (Å²) in [5, 5.41) is 0. The van der Waals surface area contributed by atoms with Crippen molar-refractivity contribution in [1.82, 2.24) is 0 Å². The molecule has 116 valence electrons. The number of fused-ring (bicyclic) bond motifs is 3. The second-order valence-corrected chi connectivity index (χ2v) is 19.8. The molecule has 5 rings (SSSR count). The second kappa shape index (κ2) is 5.17. The van der Waals surface area contributed by atoms with Crippen molar-refractivity contribution in [1.29, 1.82) is 0 Å². The molecule has 1 saturated heterocycles. The Morgan fingerprint density at radius 3 is 2.36 bits per heavy atom. The Morgan fingerprint density at radius 2 is 1.68 bits per heavy atom. The van der Waals surface area contributed by atoms with Gasteiger partial charge in [-0.2, -0.15) is 0 Å². The van der Waals surface area contributed by atoms with E-state index in [0.717, 1.165) is 27.3 Å². The molecule has 0 amide bonds. The Morgan fingerprint density at radius 1 is 0.955 bits per heavy atom. The molecule has 5 unspecified atom stereocenters. The second-order valence-electron chi connectivity index (χ2n) is 8.49. The van der Waals surface area contributed by atoms with Gasteiger partial charge in [-0.3, -0.25) is 0 Å². The van der Waals surface area contributed by atoms with Gasteiger partial charge in [0.25, 0.3) is 0 Å². The Bertz CT molecular complexity index is 601. The molecular weight excluding hydrogens is 343 g/mol. The number of allylic oxidation sites excluding steroid dienone is 8. The van der Waals surface area contributed by atoms with Gasteiger partial charge in [-0.25, -0.2) is 0 Å². The SMILES string of the molecule is CC1=[C]([Zr]2([CH]3C4C=CC=CC4C4CCCCC43)[CH2][CH2]2)CC=C1. The van der Waals surface area contributed by atoms with E-state index in [-0.39, 0.29) is 0 Å². The average molecular weight is 372 g/mol. The first-order chi connectivity index (χ1) is 10.8. The van der Waals surface area contributed by atoms with Gasteiger partial charge >= 0.3 is 140 Å². The maximum atomic E-state index is 2.64. The molecule has 0 spiro atoms. The zero-order chi connectivity index (χ0) is 14.7. The van der Waals surface area contributed by atoms with Crippen molar-refractivity contribution in [3.63, 3.8) is 0 Å². The first-order valence-corrected chi connectivity index (χ1v) is 15.7. The van der Waals surface area contributed by atoms with E-state index < -0.39 is 20.3 Å². The van der Waals surface area contributed by atoms with Crippen LogP contribution in [0.1, 0.15) is 39.0 Å². The van der Waals surface area contributed by atoms with Crippen LogP contribution < -0.4 is 0 Å². The third-order valence-corrected chi connectivity index (χ3v) is 21.1. The van der Waals surface area contributed by atoms with Crippen LogP contribution in [0.2, 0.25) is 11.9 Å². The Kier molecular flexibility index (Phi) is 3.34. The summed E-state index contributed by atoms with van der Waals surface area (Å²) in [4.78, 5) is 0. The summed E-state index contributed by atoms with van der Waals surface area (Å²) >= 11 is -2.02. The summed E-state index contributed by atoms with van der Waals surface area (Å²) in [5.41, 5.74) is 1.69. The quantitative estimate of drug-likeness (QED) is 0.543. The van der Waals surface area contributed by atoms with Crippen molar-refractivity contribution in [2.45, 2.75) is 50.9 Å². The summed E-state index contributed by atoms with van der Waals surface area (Å²) in [6.07, 6.45) is 22.3. The van der Waals surface area contributed by atoms with E-state index in [1.54, 1.807) is 20.3 Å². The molecular formula is C21H28Zr. The van der Waals surface area contributed by atoms with E-state index in [0.29, 0.717) is 0 Å². The number of rotatable bonds is 2. The van der Waals surface area contributed by atoms with Crippen molar-refractivity contribution in [2.24, 2.45) is 23.7 Å².